The zero-order valence-corrected chi connectivity index (χ0v) is 26.8. The Morgan fingerprint density at radius 1 is 0.574 bits per heavy atom. The van der Waals surface area contributed by atoms with E-state index in [1.165, 1.54) is 0 Å². The van der Waals surface area contributed by atoms with Crippen molar-refractivity contribution in [2.24, 2.45) is 0 Å². The number of rotatable bonds is 12. The molecule has 10 atom stereocenters. The van der Waals surface area contributed by atoms with Crippen LogP contribution in [-0.4, -0.2) is 144 Å². The first-order chi connectivity index (χ1) is 21.5. The first-order valence-electron chi connectivity index (χ1n) is 13.9. The van der Waals surface area contributed by atoms with Crippen LogP contribution in [-0.2, 0) is 66.8 Å². The molecule has 0 unspecified atom stereocenters. The van der Waals surface area contributed by atoms with Crippen molar-refractivity contribution in [2.75, 3.05) is 13.2 Å². The standard InChI is InChI=1S/C28H38O19/c1-11(31)24(20(10-30)42-23(41)22(40)25(24,12(2)32)43-16(6)36)47-28(15(5)35)27(14(4)34,45-18(8)38)26(13(3)33,44-17(7)37)21(39)19(9-29)46-28/h19-23,29-30,39-41H,9-10H2,1-8H3/t19-,20-,21-,22+,23+,24-,25-,26+,27-,28-/m1/s1. The minimum absolute atomic E-state index is 0.560. The van der Waals surface area contributed by atoms with Crippen LogP contribution in [0.25, 0.3) is 0 Å². The summed E-state index contributed by atoms with van der Waals surface area (Å²) in [7, 11) is 0. The molecule has 2 saturated heterocycles. The lowest BCUT2D eigenvalue weighted by molar-refractivity contribution is -0.433. The van der Waals surface area contributed by atoms with Gasteiger partial charge < -0.3 is 54.0 Å². The fraction of sp³-hybridized carbons (Fsp3) is 0.714. The van der Waals surface area contributed by atoms with Gasteiger partial charge in [-0.05, 0) is 27.7 Å². The van der Waals surface area contributed by atoms with Gasteiger partial charge >= 0.3 is 17.9 Å². The number of hydrogen-bond donors (Lipinski definition) is 5. The number of hydrogen-bond acceptors (Lipinski definition) is 19. The van der Waals surface area contributed by atoms with Crippen LogP contribution in [0.3, 0.4) is 0 Å². The maximum atomic E-state index is 14.0. The highest BCUT2D eigenvalue weighted by Gasteiger charge is 2.87. The number of aliphatic hydroxyl groups excluding tert-OH is 5. The van der Waals surface area contributed by atoms with Gasteiger partial charge in [-0.25, -0.2) is 0 Å². The Bertz CT molecular complexity index is 1360. The summed E-state index contributed by atoms with van der Waals surface area (Å²) >= 11 is 0. The summed E-state index contributed by atoms with van der Waals surface area (Å²) < 4.78 is 32.7. The quantitative estimate of drug-likeness (QED) is 0.0973. The SMILES string of the molecule is CC(=O)O[C@@]1(C(C)=O)[C@](O[C@]2(C(C)=O)[C@@H](CO)O[C@H](O)[C@H](O)[C@]2(OC(C)=O)C(C)=O)(C(C)=O)O[C@H](CO)[C@@H](O)[C@@]1(OC(C)=O)C(C)=O. The first-order valence-corrected chi connectivity index (χ1v) is 13.9. The van der Waals surface area contributed by atoms with Gasteiger partial charge in [0.1, 0.15) is 18.3 Å². The zero-order valence-electron chi connectivity index (χ0n) is 26.8. The summed E-state index contributed by atoms with van der Waals surface area (Å²) in [5, 5.41) is 53.9. The number of ketones is 5. The molecule has 2 heterocycles. The maximum Gasteiger partial charge on any atom is 0.304 e. The molecule has 2 aliphatic rings. The molecule has 0 aromatic rings. The number of carbonyl (C=O) groups is 8. The van der Waals surface area contributed by atoms with Crippen LogP contribution in [0.5, 0.6) is 0 Å². The number of aliphatic hydroxyl groups is 5. The molecule has 2 fully saturated rings. The van der Waals surface area contributed by atoms with E-state index in [-0.39, 0.29) is 0 Å². The van der Waals surface area contributed by atoms with Crippen molar-refractivity contribution in [3.8, 4) is 0 Å². The molecule has 0 aliphatic carbocycles. The van der Waals surface area contributed by atoms with E-state index < -0.39 is 119 Å². The summed E-state index contributed by atoms with van der Waals surface area (Å²) in [5.41, 5.74) is -14.5. The summed E-state index contributed by atoms with van der Waals surface area (Å²) in [5.74, 6) is -16.2. The highest BCUT2D eigenvalue weighted by molar-refractivity contribution is 6.07. The van der Waals surface area contributed by atoms with Crippen molar-refractivity contribution in [3.05, 3.63) is 0 Å². The fourth-order valence-electron chi connectivity index (χ4n) is 6.52. The molecule has 5 N–H and O–H groups in total. The molecular formula is C28H38O19. The third-order valence-electron chi connectivity index (χ3n) is 8.15. The van der Waals surface area contributed by atoms with E-state index in [9.17, 15) is 63.9 Å². The molecule has 0 aromatic carbocycles. The van der Waals surface area contributed by atoms with Gasteiger partial charge in [-0.2, -0.15) is 0 Å². The van der Waals surface area contributed by atoms with Crippen LogP contribution >= 0.6 is 0 Å². The third kappa shape index (κ3) is 5.39. The van der Waals surface area contributed by atoms with Gasteiger partial charge in [0.15, 0.2) is 41.3 Å². The van der Waals surface area contributed by atoms with Crippen molar-refractivity contribution < 1.29 is 92.3 Å². The Morgan fingerprint density at radius 2 is 1.02 bits per heavy atom. The minimum atomic E-state index is -3.91. The van der Waals surface area contributed by atoms with Crippen LogP contribution in [0.15, 0.2) is 0 Å². The lowest BCUT2D eigenvalue weighted by Crippen LogP contribution is -2.91. The predicted octanol–water partition coefficient (Wildman–Crippen LogP) is -3.89. The molecule has 2 rings (SSSR count). The minimum Gasteiger partial charge on any atom is -0.444 e. The average molecular weight is 679 g/mol. The summed E-state index contributed by atoms with van der Waals surface area (Å²) in [4.78, 5) is 107. The van der Waals surface area contributed by atoms with Gasteiger partial charge in [-0.1, -0.05) is 0 Å². The van der Waals surface area contributed by atoms with Gasteiger partial charge in [0.2, 0.25) is 16.8 Å². The largest absolute Gasteiger partial charge is 0.444 e. The lowest BCUT2D eigenvalue weighted by Gasteiger charge is -2.63. The average Bonchev–Trinajstić information content (AvgIpc) is 2.94. The van der Waals surface area contributed by atoms with Crippen molar-refractivity contribution >= 4 is 46.8 Å². The first kappa shape index (κ1) is 39.6. The molecule has 2 aliphatic heterocycles. The smallest absolute Gasteiger partial charge is 0.304 e. The van der Waals surface area contributed by atoms with E-state index in [4.69, 9.17) is 28.4 Å². The number of esters is 3. The normalized spacial score (nSPS) is 38.4. The maximum absolute atomic E-state index is 14.0. The Labute approximate surface area is 267 Å². The third-order valence-corrected chi connectivity index (χ3v) is 8.15. The van der Waals surface area contributed by atoms with Gasteiger partial charge in [-0.15, -0.1) is 0 Å². The zero-order chi connectivity index (χ0) is 36.7. The highest BCUT2D eigenvalue weighted by Crippen LogP contribution is 2.56. The van der Waals surface area contributed by atoms with Gasteiger partial charge in [0.05, 0.1) is 13.2 Å². The number of Topliss-reactive ketones (excluding diaryl/α,β-unsaturated/α-hetero) is 5. The molecular weight excluding hydrogens is 640 g/mol. The van der Waals surface area contributed by atoms with E-state index in [0.29, 0.717) is 55.4 Å². The summed E-state index contributed by atoms with van der Waals surface area (Å²) in [6.07, 6.45) is -12.7. The lowest BCUT2D eigenvalue weighted by atomic mass is 9.62. The number of carbonyl (C=O) groups excluding carboxylic acids is 8. The monoisotopic (exact) mass is 678 g/mol. The Kier molecular flexibility index (Phi) is 11.4. The summed E-state index contributed by atoms with van der Waals surface area (Å²) in [6.45, 7) is 2.16. The van der Waals surface area contributed by atoms with E-state index >= 15 is 0 Å². The molecule has 19 heteroatoms. The molecule has 0 saturated carbocycles. The van der Waals surface area contributed by atoms with E-state index in [2.05, 4.69) is 0 Å². The topological polar surface area (TPSA) is 293 Å². The van der Waals surface area contributed by atoms with Gasteiger partial charge in [0, 0.05) is 27.7 Å². The molecule has 0 aromatic heterocycles. The molecule has 264 valence electrons. The number of ether oxygens (including phenoxy) is 6. The van der Waals surface area contributed by atoms with Crippen molar-refractivity contribution in [1.82, 2.24) is 0 Å². The van der Waals surface area contributed by atoms with Crippen LogP contribution < -0.4 is 0 Å². The highest BCUT2D eigenvalue weighted by atomic mass is 16.8. The van der Waals surface area contributed by atoms with Gasteiger partial charge in [-0.3, -0.25) is 38.4 Å². The van der Waals surface area contributed by atoms with Crippen molar-refractivity contribution in [1.29, 1.82) is 0 Å². The van der Waals surface area contributed by atoms with Gasteiger partial charge in [0.25, 0.3) is 11.4 Å². The predicted molar refractivity (Wildman–Crippen MR) is 145 cm³/mol. The molecule has 47 heavy (non-hydrogen) atoms. The summed E-state index contributed by atoms with van der Waals surface area (Å²) in [6, 6.07) is 0. The molecule has 0 bridgehead atoms. The second-order valence-electron chi connectivity index (χ2n) is 11.1. The molecule has 0 amide bonds. The van der Waals surface area contributed by atoms with E-state index in [1.54, 1.807) is 0 Å². The van der Waals surface area contributed by atoms with Crippen LogP contribution in [0.2, 0.25) is 0 Å². The van der Waals surface area contributed by atoms with Crippen molar-refractivity contribution in [3.63, 3.8) is 0 Å². The molecule has 19 nitrogen and oxygen atoms in total. The van der Waals surface area contributed by atoms with Crippen molar-refractivity contribution in [2.45, 2.75) is 114 Å². The Hall–Kier alpha value is -3.56. The van der Waals surface area contributed by atoms with Crippen LogP contribution in [0, 0.1) is 0 Å². The molecule has 0 radical (unpaired) electrons. The second-order valence-corrected chi connectivity index (χ2v) is 11.1. The Morgan fingerprint density at radius 3 is 1.36 bits per heavy atom. The van der Waals surface area contributed by atoms with E-state index in [1.807, 2.05) is 0 Å². The van der Waals surface area contributed by atoms with E-state index in [0.717, 1.165) is 0 Å². The second kappa shape index (κ2) is 13.5. The fourth-order valence-corrected chi connectivity index (χ4v) is 6.52. The molecule has 0 spiro atoms. The van der Waals surface area contributed by atoms with Crippen LogP contribution in [0.1, 0.15) is 55.4 Å². The Balaban J connectivity index is 3.47. The van der Waals surface area contributed by atoms with Crippen LogP contribution in [0.4, 0.5) is 0 Å².